The number of hydrogen-bond donors (Lipinski definition) is 0. The van der Waals surface area contributed by atoms with Gasteiger partial charge >= 0.3 is 17.6 Å². The molecule has 0 aromatic heterocycles. The summed E-state index contributed by atoms with van der Waals surface area (Å²) in [6.07, 6.45) is 7.12. The van der Waals surface area contributed by atoms with E-state index in [2.05, 4.69) is 13.8 Å². The minimum absolute atomic E-state index is 0.263. The van der Waals surface area contributed by atoms with Crippen molar-refractivity contribution >= 4 is 17.6 Å². The van der Waals surface area contributed by atoms with Crippen molar-refractivity contribution in [1.82, 2.24) is 0 Å². The fraction of sp³-hybridized carbons (Fsp3) is 1.00. The van der Waals surface area contributed by atoms with Crippen LogP contribution in [0.1, 0.15) is 100 Å². The molecule has 48 heavy (non-hydrogen) atoms. The first-order chi connectivity index (χ1) is 23.3. The Balaban J connectivity index is 2.53. The minimum Gasteiger partial charge on any atom is -0.381 e. The van der Waals surface area contributed by atoms with Gasteiger partial charge in [0.05, 0.1) is 39.6 Å². The summed E-state index contributed by atoms with van der Waals surface area (Å²) in [6, 6.07) is 1.46. The van der Waals surface area contributed by atoms with Crippen molar-refractivity contribution in [1.29, 1.82) is 0 Å². The molecule has 1 aliphatic heterocycles. The predicted octanol–water partition coefficient (Wildman–Crippen LogP) is 6.92. The molecule has 0 N–H and O–H groups in total. The predicted molar refractivity (Wildman–Crippen MR) is 194 cm³/mol. The first-order valence-corrected chi connectivity index (χ1v) is 22.8. The van der Waals surface area contributed by atoms with Crippen LogP contribution in [0.2, 0.25) is 12.1 Å². The molecule has 0 atom stereocenters. The smallest absolute Gasteiger partial charge is 0.381 e. The van der Waals surface area contributed by atoms with Gasteiger partial charge in [0.1, 0.15) is 0 Å². The van der Waals surface area contributed by atoms with Gasteiger partial charge in [0.2, 0.25) is 0 Å². The molecular weight excluding hydrogens is 653 g/mol. The minimum atomic E-state index is -2.68. The lowest BCUT2D eigenvalue weighted by Crippen LogP contribution is -2.46. The van der Waals surface area contributed by atoms with Gasteiger partial charge in [-0.25, -0.2) is 0 Å². The van der Waals surface area contributed by atoms with Gasteiger partial charge in [-0.05, 0) is 73.6 Å². The molecule has 13 heteroatoms. The van der Waals surface area contributed by atoms with Gasteiger partial charge < -0.3 is 50.2 Å². The van der Waals surface area contributed by atoms with Crippen molar-refractivity contribution < 1.29 is 50.2 Å². The van der Waals surface area contributed by atoms with E-state index in [-0.39, 0.29) is 10.8 Å². The van der Waals surface area contributed by atoms with Crippen LogP contribution in [0.15, 0.2) is 0 Å². The van der Waals surface area contributed by atoms with Crippen LogP contribution in [0.4, 0.5) is 0 Å². The van der Waals surface area contributed by atoms with Crippen LogP contribution in [-0.2, 0) is 50.2 Å². The van der Waals surface area contributed by atoms with E-state index < -0.39 is 17.6 Å². The van der Waals surface area contributed by atoms with Crippen molar-refractivity contribution in [3.8, 4) is 0 Å². The lowest BCUT2D eigenvalue weighted by atomic mass is 9.84. The van der Waals surface area contributed by atoms with Crippen LogP contribution in [-0.4, -0.2) is 123 Å². The van der Waals surface area contributed by atoms with Crippen LogP contribution in [0, 0.1) is 10.8 Å². The Kier molecular flexibility index (Phi) is 26.5. The third kappa shape index (κ3) is 19.0. The van der Waals surface area contributed by atoms with Crippen molar-refractivity contribution in [2.24, 2.45) is 10.8 Å². The standard InChI is InChI=1S/C35H74O11Si2/c1-9-35(32-40-33-35)31-39-23-19-17-16-18-22-36-28-34(8,29-37-24-20-26-47(41-10-2,42-11-3)43-12-4)30-38-25-21-27-48(44-13-5,45-14-6)46-15-7/h9-33H2,1-8H3. The first kappa shape index (κ1) is 46.0. The van der Waals surface area contributed by atoms with E-state index in [4.69, 9.17) is 50.2 Å². The molecule has 1 saturated heterocycles. The second-order valence-corrected chi connectivity index (χ2v) is 18.4. The number of ether oxygens (including phenoxy) is 5. The van der Waals surface area contributed by atoms with Gasteiger partial charge in [-0.3, -0.25) is 0 Å². The van der Waals surface area contributed by atoms with E-state index in [0.717, 1.165) is 90.1 Å². The Morgan fingerprint density at radius 2 is 0.854 bits per heavy atom. The molecule has 0 radical (unpaired) electrons. The Morgan fingerprint density at radius 3 is 1.17 bits per heavy atom. The summed E-state index contributed by atoms with van der Waals surface area (Å²) < 4.78 is 66.0. The number of unbranched alkanes of at least 4 members (excludes halogenated alkanes) is 3. The first-order valence-electron chi connectivity index (χ1n) is 19.0. The topological polar surface area (TPSA) is 102 Å². The normalized spacial score (nSPS) is 15.2. The van der Waals surface area contributed by atoms with Crippen molar-refractivity contribution in [3.63, 3.8) is 0 Å². The Hall–Kier alpha value is -0.00623. The molecule has 0 aliphatic carbocycles. The third-order valence-corrected chi connectivity index (χ3v) is 14.7. The average molecular weight is 727 g/mol. The zero-order valence-electron chi connectivity index (χ0n) is 32.2. The van der Waals surface area contributed by atoms with Crippen LogP contribution in [0.25, 0.3) is 0 Å². The van der Waals surface area contributed by atoms with Gasteiger partial charge in [0, 0.05) is 89.0 Å². The molecular formula is C35H74O11Si2. The van der Waals surface area contributed by atoms with Crippen LogP contribution in [0.3, 0.4) is 0 Å². The maximum atomic E-state index is 6.23. The summed E-state index contributed by atoms with van der Waals surface area (Å²) in [5, 5.41) is 0. The summed E-state index contributed by atoms with van der Waals surface area (Å²) in [5.74, 6) is 0. The molecule has 1 aliphatic rings. The van der Waals surface area contributed by atoms with Crippen molar-refractivity contribution in [2.75, 3.05) is 106 Å². The Bertz CT molecular complexity index is 670. The molecule has 0 saturated carbocycles. The summed E-state index contributed by atoms with van der Waals surface area (Å²) in [7, 11) is -5.36. The van der Waals surface area contributed by atoms with E-state index in [0.29, 0.717) is 72.7 Å². The molecule has 288 valence electrons. The molecule has 0 spiro atoms. The van der Waals surface area contributed by atoms with E-state index in [1.54, 1.807) is 0 Å². The SMILES string of the molecule is CCO[Si](CCCOCC(C)(COCCCCCCOCC1(CC)COC1)COCCC[Si](OCC)(OCC)OCC)(OCC)OCC. The van der Waals surface area contributed by atoms with Gasteiger partial charge in [-0.15, -0.1) is 0 Å². The summed E-state index contributed by atoms with van der Waals surface area (Å²) in [5.41, 5.74) is -0.0176. The largest absolute Gasteiger partial charge is 0.501 e. The van der Waals surface area contributed by atoms with Gasteiger partial charge in [0.25, 0.3) is 0 Å². The Labute approximate surface area is 296 Å². The molecule has 11 nitrogen and oxygen atoms in total. The molecule has 1 fully saturated rings. The van der Waals surface area contributed by atoms with Crippen molar-refractivity contribution in [3.05, 3.63) is 0 Å². The van der Waals surface area contributed by atoms with E-state index >= 15 is 0 Å². The molecule has 0 aromatic rings. The second kappa shape index (κ2) is 27.6. The maximum Gasteiger partial charge on any atom is 0.501 e. The van der Waals surface area contributed by atoms with E-state index in [1.165, 1.54) is 0 Å². The zero-order chi connectivity index (χ0) is 35.5. The summed E-state index contributed by atoms with van der Waals surface area (Å²) in [6.45, 7) is 26.6. The van der Waals surface area contributed by atoms with Gasteiger partial charge in [-0.2, -0.15) is 0 Å². The molecule has 0 amide bonds. The highest BCUT2D eigenvalue weighted by atomic mass is 28.4. The van der Waals surface area contributed by atoms with Crippen LogP contribution in [0.5, 0.6) is 0 Å². The van der Waals surface area contributed by atoms with Gasteiger partial charge in [-0.1, -0.05) is 26.7 Å². The van der Waals surface area contributed by atoms with Crippen molar-refractivity contribution in [2.45, 2.75) is 112 Å². The fourth-order valence-corrected chi connectivity index (χ4v) is 10.9. The lowest BCUT2D eigenvalue weighted by molar-refractivity contribution is -0.150. The van der Waals surface area contributed by atoms with E-state index in [9.17, 15) is 0 Å². The monoisotopic (exact) mass is 726 g/mol. The van der Waals surface area contributed by atoms with Crippen LogP contribution < -0.4 is 0 Å². The van der Waals surface area contributed by atoms with E-state index in [1.807, 2.05) is 41.5 Å². The van der Waals surface area contributed by atoms with Crippen LogP contribution >= 0.6 is 0 Å². The lowest BCUT2D eigenvalue weighted by Gasteiger charge is -2.40. The summed E-state index contributed by atoms with van der Waals surface area (Å²) in [4.78, 5) is 0. The zero-order valence-corrected chi connectivity index (χ0v) is 34.2. The quantitative estimate of drug-likeness (QED) is 0.0497. The number of hydrogen-bond acceptors (Lipinski definition) is 11. The van der Waals surface area contributed by atoms with Gasteiger partial charge in [0.15, 0.2) is 0 Å². The third-order valence-electron chi connectivity index (χ3n) is 8.38. The highest BCUT2D eigenvalue weighted by molar-refractivity contribution is 6.61. The maximum absolute atomic E-state index is 6.23. The molecule has 1 rings (SSSR count). The Morgan fingerprint density at radius 1 is 0.500 bits per heavy atom. The fourth-order valence-electron chi connectivity index (χ4n) is 5.70. The molecule has 1 heterocycles. The molecule has 0 unspecified atom stereocenters. The number of rotatable bonds is 36. The highest BCUT2D eigenvalue weighted by Gasteiger charge is 2.41. The average Bonchev–Trinajstić information content (AvgIpc) is 3.03. The second-order valence-electron chi connectivity index (χ2n) is 13.0. The highest BCUT2D eigenvalue weighted by Crippen LogP contribution is 2.31. The summed E-state index contributed by atoms with van der Waals surface area (Å²) >= 11 is 0. The molecule has 0 bridgehead atoms. The molecule has 0 aromatic carbocycles.